The minimum Gasteiger partial charge on any atom is -0.481 e. The van der Waals surface area contributed by atoms with Gasteiger partial charge < -0.3 is 9.63 Å². The van der Waals surface area contributed by atoms with Gasteiger partial charge in [-0.15, -0.1) is 0 Å². The number of benzene rings is 1. The summed E-state index contributed by atoms with van der Waals surface area (Å²) < 4.78 is 5.98. The monoisotopic (exact) mass is 281 g/mol. The second-order valence-corrected chi connectivity index (χ2v) is 4.18. The Morgan fingerprint density at radius 2 is 2.31 bits per heavy atom. The Balaban J connectivity index is 2.40. The molecular weight excluding hydrogens is 274 g/mol. The van der Waals surface area contributed by atoms with Crippen LogP contribution < -0.4 is 0 Å². The molecule has 2 rings (SSSR count). The average molecular weight is 282 g/mol. The van der Waals surface area contributed by atoms with Crippen molar-refractivity contribution in [1.82, 2.24) is 5.16 Å². The summed E-state index contributed by atoms with van der Waals surface area (Å²) in [5, 5.41) is 12.4. The molecule has 0 aliphatic carbocycles. The van der Waals surface area contributed by atoms with Gasteiger partial charge in [0, 0.05) is 15.6 Å². The molecule has 0 spiro atoms. The number of nitrogens with zero attached hydrogens (tertiary/aromatic N) is 1. The molecule has 0 saturated carbocycles. The van der Waals surface area contributed by atoms with E-state index in [0.717, 1.165) is 10.0 Å². The van der Waals surface area contributed by atoms with Gasteiger partial charge in [-0.2, -0.15) is 0 Å². The van der Waals surface area contributed by atoms with Crippen molar-refractivity contribution in [3.8, 4) is 11.3 Å². The summed E-state index contributed by atoms with van der Waals surface area (Å²) in [6.45, 7) is 0. The maximum absolute atomic E-state index is 10.6. The topological polar surface area (TPSA) is 63.3 Å². The molecule has 1 aromatic carbocycles. The number of rotatable bonds is 3. The number of aliphatic carboxylic acids is 1. The zero-order valence-corrected chi connectivity index (χ0v) is 9.77. The third-order valence-electron chi connectivity index (χ3n) is 2.07. The maximum Gasteiger partial charge on any atom is 0.308 e. The molecule has 2 aromatic rings. The molecule has 1 N–H and O–H groups in total. The van der Waals surface area contributed by atoms with Crippen molar-refractivity contribution in [2.24, 2.45) is 0 Å². The third kappa shape index (κ3) is 2.30. The molecule has 1 heterocycles. The van der Waals surface area contributed by atoms with E-state index in [1.807, 2.05) is 24.3 Å². The molecule has 0 saturated heterocycles. The molecule has 5 heteroatoms. The molecule has 82 valence electrons. The Hall–Kier alpha value is -1.62. The van der Waals surface area contributed by atoms with Gasteiger partial charge in [-0.25, -0.2) is 0 Å². The molecule has 4 nitrogen and oxygen atoms in total. The van der Waals surface area contributed by atoms with E-state index in [1.54, 1.807) is 0 Å². The van der Waals surface area contributed by atoms with E-state index in [1.165, 1.54) is 6.20 Å². The van der Waals surface area contributed by atoms with Gasteiger partial charge in [0.25, 0.3) is 0 Å². The van der Waals surface area contributed by atoms with Gasteiger partial charge in [0.1, 0.15) is 0 Å². The minimum atomic E-state index is -0.903. The van der Waals surface area contributed by atoms with Crippen molar-refractivity contribution in [3.05, 3.63) is 40.5 Å². The molecule has 0 atom stereocenters. The summed E-state index contributed by atoms with van der Waals surface area (Å²) in [5.41, 5.74) is 1.38. The molecule has 1 aromatic heterocycles. The fraction of sp³-hybridized carbons (Fsp3) is 0.0909. The average Bonchev–Trinajstić information content (AvgIpc) is 2.65. The zero-order chi connectivity index (χ0) is 11.5. The lowest BCUT2D eigenvalue weighted by molar-refractivity contribution is -0.136. The highest BCUT2D eigenvalue weighted by Gasteiger charge is 2.13. The van der Waals surface area contributed by atoms with Gasteiger partial charge in [-0.05, 0) is 12.1 Å². The fourth-order valence-corrected chi connectivity index (χ4v) is 1.82. The van der Waals surface area contributed by atoms with Crippen LogP contribution in [0.3, 0.4) is 0 Å². The van der Waals surface area contributed by atoms with Gasteiger partial charge in [0.2, 0.25) is 0 Å². The molecule has 0 fully saturated rings. The first kappa shape index (κ1) is 10.9. The summed E-state index contributed by atoms with van der Waals surface area (Å²) in [6, 6.07) is 7.44. The standard InChI is InChI=1S/C11H8BrNO3/c12-9-3-1-2-7(4-9)11-8(5-10(14)15)6-13-16-11/h1-4,6H,5H2,(H,14,15). The van der Waals surface area contributed by atoms with E-state index in [2.05, 4.69) is 21.1 Å². The van der Waals surface area contributed by atoms with E-state index in [0.29, 0.717) is 11.3 Å². The number of carbonyl (C=O) groups is 1. The Bertz CT molecular complexity index is 521. The van der Waals surface area contributed by atoms with Crippen LogP contribution in [0.1, 0.15) is 5.56 Å². The van der Waals surface area contributed by atoms with Gasteiger partial charge >= 0.3 is 5.97 Å². The normalized spacial score (nSPS) is 10.3. The first-order chi connectivity index (χ1) is 7.66. The third-order valence-corrected chi connectivity index (χ3v) is 2.57. The first-order valence-electron chi connectivity index (χ1n) is 4.58. The molecule has 0 bridgehead atoms. The lowest BCUT2D eigenvalue weighted by atomic mass is 10.1. The lowest BCUT2D eigenvalue weighted by Crippen LogP contribution is -1.99. The highest BCUT2D eigenvalue weighted by molar-refractivity contribution is 9.10. The summed E-state index contributed by atoms with van der Waals surface area (Å²) in [4.78, 5) is 10.6. The van der Waals surface area contributed by atoms with Crippen LogP contribution >= 0.6 is 15.9 Å². The Morgan fingerprint density at radius 3 is 3.00 bits per heavy atom. The van der Waals surface area contributed by atoms with Crippen molar-refractivity contribution in [2.45, 2.75) is 6.42 Å². The Kier molecular flexibility index (Phi) is 3.05. The number of halogens is 1. The molecule has 0 radical (unpaired) electrons. The van der Waals surface area contributed by atoms with Crippen LogP contribution in [0.4, 0.5) is 0 Å². The van der Waals surface area contributed by atoms with Crippen LogP contribution in [-0.2, 0) is 11.2 Å². The molecule has 0 aliphatic heterocycles. The number of hydrogen-bond donors (Lipinski definition) is 1. The Morgan fingerprint density at radius 1 is 1.50 bits per heavy atom. The number of carboxylic acids is 1. The number of hydrogen-bond acceptors (Lipinski definition) is 3. The first-order valence-corrected chi connectivity index (χ1v) is 5.37. The van der Waals surface area contributed by atoms with Crippen molar-refractivity contribution in [1.29, 1.82) is 0 Å². The largest absolute Gasteiger partial charge is 0.481 e. The quantitative estimate of drug-likeness (QED) is 0.940. The predicted octanol–water partition coefficient (Wildman–Crippen LogP) is 2.73. The van der Waals surface area contributed by atoms with E-state index in [9.17, 15) is 4.79 Å². The second-order valence-electron chi connectivity index (χ2n) is 3.26. The van der Waals surface area contributed by atoms with Gasteiger partial charge in [-0.3, -0.25) is 4.79 Å². The van der Waals surface area contributed by atoms with Gasteiger partial charge in [0.15, 0.2) is 5.76 Å². The molecular formula is C11H8BrNO3. The SMILES string of the molecule is O=C(O)Cc1cnoc1-c1cccc(Br)c1. The molecule has 0 aliphatic rings. The summed E-state index contributed by atoms with van der Waals surface area (Å²) in [5.74, 6) is -0.400. The number of aromatic nitrogens is 1. The lowest BCUT2D eigenvalue weighted by Gasteiger charge is -1.99. The molecule has 0 unspecified atom stereocenters. The predicted molar refractivity (Wildman–Crippen MR) is 61.0 cm³/mol. The van der Waals surface area contributed by atoms with E-state index in [-0.39, 0.29) is 6.42 Å². The van der Waals surface area contributed by atoms with Gasteiger partial charge in [-0.1, -0.05) is 33.2 Å². The van der Waals surface area contributed by atoms with Crippen molar-refractivity contribution in [2.75, 3.05) is 0 Å². The second kappa shape index (κ2) is 4.49. The summed E-state index contributed by atoms with van der Waals surface area (Å²) in [7, 11) is 0. The summed E-state index contributed by atoms with van der Waals surface area (Å²) in [6.07, 6.45) is 1.34. The molecule has 16 heavy (non-hydrogen) atoms. The van der Waals surface area contributed by atoms with Gasteiger partial charge in [0.05, 0.1) is 12.6 Å². The fourth-order valence-electron chi connectivity index (χ4n) is 1.42. The van der Waals surface area contributed by atoms with Crippen LogP contribution in [0, 0.1) is 0 Å². The van der Waals surface area contributed by atoms with Crippen LogP contribution in [0.2, 0.25) is 0 Å². The van der Waals surface area contributed by atoms with E-state index >= 15 is 0 Å². The van der Waals surface area contributed by atoms with Crippen molar-refractivity contribution < 1.29 is 14.4 Å². The van der Waals surface area contributed by atoms with E-state index < -0.39 is 5.97 Å². The number of carboxylic acid groups (broad SMARTS) is 1. The van der Waals surface area contributed by atoms with Crippen molar-refractivity contribution >= 4 is 21.9 Å². The van der Waals surface area contributed by atoms with Crippen LogP contribution in [-0.4, -0.2) is 16.2 Å². The summed E-state index contributed by atoms with van der Waals surface area (Å²) >= 11 is 3.34. The van der Waals surface area contributed by atoms with Crippen molar-refractivity contribution in [3.63, 3.8) is 0 Å². The zero-order valence-electron chi connectivity index (χ0n) is 8.18. The highest BCUT2D eigenvalue weighted by Crippen LogP contribution is 2.26. The Labute approximate surface area is 100 Å². The van der Waals surface area contributed by atoms with Crippen LogP contribution in [0.5, 0.6) is 0 Å². The van der Waals surface area contributed by atoms with Crippen LogP contribution in [0.25, 0.3) is 11.3 Å². The van der Waals surface area contributed by atoms with Crippen LogP contribution in [0.15, 0.2) is 39.5 Å². The minimum absolute atomic E-state index is 0.0919. The smallest absolute Gasteiger partial charge is 0.308 e. The van der Waals surface area contributed by atoms with E-state index in [4.69, 9.17) is 9.63 Å². The highest BCUT2D eigenvalue weighted by atomic mass is 79.9. The molecule has 0 amide bonds. The maximum atomic E-state index is 10.6.